The maximum Gasteiger partial charge on any atom is 0.234 e. The van der Waals surface area contributed by atoms with E-state index >= 15 is 0 Å². The molecule has 3 aromatic rings. The largest absolute Gasteiger partial charge is 0.495 e. The number of methoxy groups -OCH3 is 1. The average Bonchev–Trinajstić information content (AvgIpc) is 3.13. The Morgan fingerprint density at radius 1 is 1.03 bits per heavy atom. The van der Waals surface area contributed by atoms with Gasteiger partial charge in [0.15, 0.2) is 5.16 Å². The molecule has 3 rings (SSSR count). The molecular weight excluding hydrogens is 426 g/mol. The second-order valence-electron chi connectivity index (χ2n) is 7.28. The van der Waals surface area contributed by atoms with Crippen LogP contribution in [-0.4, -0.2) is 39.4 Å². The first-order chi connectivity index (χ1) is 15.4. The third-order valence-electron chi connectivity index (χ3n) is 4.65. The fourth-order valence-corrected chi connectivity index (χ4v) is 4.16. The van der Waals surface area contributed by atoms with Gasteiger partial charge in [0.05, 0.1) is 25.0 Å². The lowest BCUT2D eigenvalue weighted by atomic mass is 10.1. The molecule has 32 heavy (non-hydrogen) atoms. The van der Waals surface area contributed by atoms with Gasteiger partial charge in [0, 0.05) is 12.2 Å². The first-order valence-electron chi connectivity index (χ1n) is 10.3. The van der Waals surface area contributed by atoms with Crippen molar-refractivity contribution in [1.82, 2.24) is 14.8 Å². The molecule has 2 amide bonds. The SMILES string of the molecule is CCn1c(CC(=O)Nc2ccccc2OC)nnc1SCC(=O)Nc1cc(C)cc(C)c1. The number of nitrogens with one attached hydrogen (secondary N) is 2. The van der Waals surface area contributed by atoms with E-state index in [-0.39, 0.29) is 24.0 Å². The summed E-state index contributed by atoms with van der Waals surface area (Å²) in [7, 11) is 1.55. The lowest BCUT2D eigenvalue weighted by molar-refractivity contribution is -0.116. The van der Waals surface area contributed by atoms with Crippen molar-refractivity contribution < 1.29 is 14.3 Å². The number of hydrogen-bond acceptors (Lipinski definition) is 6. The van der Waals surface area contributed by atoms with Crippen molar-refractivity contribution in [3.63, 3.8) is 0 Å². The number of para-hydroxylation sites is 2. The van der Waals surface area contributed by atoms with Gasteiger partial charge in [-0.05, 0) is 56.2 Å². The van der Waals surface area contributed by atoms with Crippen molar-refractivity contribution in [2.75, 3.05) is 23.5 Å². The summed E-state index contributed by atoms with van der Waals surface area (Å²) in [5.74, 6) is 0.973. The maximum atomic E-state index is 12.5. The first-order valence-corrected chi connectivity index (χ1v) is 11.2. The molecule has 0 aliphatic heterocycles. The number of benzene rings is 2. The quantitative estimate of drug-likeness (QED) is 0.478. The van der Waals surface area contributed by atoms with E-state index in [1.54, 1.807) is 19.2 Å². The minimum Gasteiger partial charge on any atom is -0.495 e. The number of rotatable bonds is 9. The fraction of sp³-hybridized carbons (Fsp3) is 0.304. The van der Waals surface area contributed by atoms with E-state index in [2.05, 4.69) is 26.9 Å². The summed E-state index contributed by atoms with van der Waals surface area (Å²) in [6.45, 7) is 6.52. The summed E-state index contributed by atoms with van der Waals surface area (Å²) in [6, 6.07) is 13.1. The highest BCUT2D eigenvalue weighted by molar-refractivity contribution is 7.99. The summed E-state index contributed by atoms with van der Waals surface area (Å²) in [5, 5.41) is 14.7. The number of thioether (sulfide) groups is 1. The number of carbonyl (C=O) groups excluding carboxylic acids is 2. The second-order valence-corrected chi connectivity index (χ2v) is 8.22. The highest BCUT2D eigenvalue weighted by atomic mass is 32.2. The van der Waals surface area contributed by atoms with E-state index < -0.39 is 0 Å². The van der Waals surface area contributed by atoms with Gasteiger partial charge >= 0.3 is 0 Å². The van der Waals surface area contributed by atoms with Gasteiger partial charge < -0.3 is 19.9 Å². The molecule has 0 spiro atoms. The summed E-state index contributed by atoms with van der Waals surface area (Å²) in [4.78, 5) is 24.9. The topological polar surface area (TPSA) is 98.1 Å². The maximum absolute atomic E-state index is 12.5. The predicted molar refractivity (Wildman–Crippen MR) is 126 cm³/mol. The zero-order valence-corrected chi connectivity index (χ0v) is 19.5. The number of amides is 2. The Hall–Kier alpha value is -3.33. The molecule has 0 saturated heterocycles. The third kappa shape index (κ3) is 6.10. The summed E-state index contributed by atoms with van der Waals surface area (Å²) in [6.07, 6.45) is 0.0637. The highest BCUT2D eigenvalue weighted by Gasteiger charge is 2.17. The van der Waals surface area contributed by atoms with Crippen LogP contribution in [0.25, 0.3) is 0 Å². The molecule has 0 atom stereocenters. The van der Waals surface area contributed by atoms with Crippen LogP contribution < -0.4 is 15.4 Å². The number of carbonyl (C=O) groups is 2. The normalized spacial score (nSPS) is 10.6. The van der Waals surface area contributed by atoms with E-state index in [1.807, 2.05) is 49.6 Å². The summed E-state index contributed by atoms with van der Waals surface area (Å²) >= 11 is 1.29. The van der Waals surface area contributed by atoms with Crippen LogP contribution in [0.3, 0.4) is 0 Å². The van der Waals surface area contributed by atoms with Crippen molar-refractivity contribution in [2.45, 2.75) is 38.9 Å². The number of aromatic nitrogens is 3. The lowest BCUT2D eigenvalue weighted by Crippen LogP contribution is -2.18. The third-order valence-corrected chi connectivity index (χ3v) is 5.61. The molecule has 0 fully saturated rings. The summed E-state index contributed by atoms with van der Waals surface area (Å²) in [5.41, 5.74) is 3.56. The lowest BCUT2D eigenvalue weighted by Gasteiger charge is -2.11. The van der Waals surface area contributed by atoms with Gasteiger partial charge in [-0.1, -0.05) is 30.0 Å². The Morgan fingerprint density at radius 2 is 1.75 bits per heavy atom. The monoisotopic (exact) mass is 453 g/mol. The van der Waals surface area contributed by atoms with E-state index in [0.717, 1.165) is 16.8 Å². The van der Waals surface area contributed by atoms with Gasteiger partial charge in [-0.3, -0.25) is 9.59 Å². The Kier molecular flexibility index (Phi) is 7.88. The number of ether oxygens (including phenoxy) is 1. The van der Waals surface area contributed by atoms with Crippen molar-refractivity contribution in [1.29, 1.82) is 0 Å². The van der Waals surface area contributed by atoms with Crippen LogP contribution in [0.5, 0.6) is 5.75 Å². The molecule has 0 radical (unpaired) electrons. The minimum atomic E-state index is -0.222. The molecule has 0 aliphatic rings. The van der Waals surface area contributed by atoms with Crippen molar-refractivity contribution in [2.24, 2.45) is 0 Å². The molecule has 9 heteroatoms. The molecule has 2 N–H and O–H groups in total. The first kappa shape index (κ1) is 23.3. The Bertz CT molecular complexity index is 1090. The van der Waals surface area contributed by atoms with Crippen LogP contribution in [0.2, 0.25) is 0 Å². The summed E-state index contributed by atoms with van der Waals surface area (Å²) < 4.78 is 7.11. The second kappa shape index (κ2) is 10.8. The Morgan fingerprint density at radius 3 is 2.44 bits per heavy atom. The van der Waals surface area contributed by atoms with E-state index in [0.29, 0.717) is 29.0 Å². The van der Waals surface area contributed by atoms with E-state index in [4.69, 9.17) is 4.74 Å². The highest BCUT2D eigenvalue weighted by Crippen LogP contribution is 2.24. The molecule has 0 unspecified atom stereocenters. The van der Waals surface area contributed by atoms with Crippen LogP contribution in [0.1, 0.15) is 23.9 Å². The van der Waals surface area contributed by atoms with Crippen LogP contribution in [0.15, 0.2) is 47.6 Å². The van der Waals surface area contributed by atoms with Crippen LogP contribution in [-0.2, 0) is 22.6 Å². The predicted octanol–water partition coefficient (Wildman–Crippen LogP) is 3.84. The molecule has 8 nitrogen and oxygen atoms in total. The smallest absolute Gasteiger partial charge is 0.234 e. The number of aryl methyl sites for hydroxylation is 2. The fourth-order valence-electron chi connectivity index (χ4n) is 3.33. The molecule has 1 heterocycles. The molecule has 0 aliphatic carbocycles. The van der Waals surface area contributed by atoms with E-state index in [9.17, 15) is 9.59 Å². The van der Waals surface area contributed by atoms with Crippen molar-refractivity contribution in [3.05, 3.63) is 59.4 Å². The zero-order chi connectivity index (χ0) is 23.1. The Labute approximate surface area is 191 Å². The molecule has 168 valence electrons. The van der Waals surface area contributed by atoms with E-state index in [1.165, 1.54) is 11.8 Å². The van der Waals surface area contributed by atoms with Crippen molar-refractivity contribution in [3.8, 4) is 5.75 Å². The average molecular weight is 454 g/mol. The Balaban J connectivity index is 1.60. The number of anilines is 2. The van der Waals surface area contributed by atoms with Gasteiger partial charge in [0.25, 0.3) is 0 Å². The minimum absolute atomic E-state index is 0.0637. The van der Waals surface area contributed by atoms with Gasteiger partial charge in [-0.25, -0.2) is 0 Å². The molecule has 1 aromatic heterocycles. The van der Waals surface area contributed by atoms with Gasteiger partial charge in [0.1, 0.15) is 11.6 Å². The van der Waals surface area contributed by atoms with Gasteiger partial charge in [0.2, 0.25) is 11.8 Å². The zero-order valence-electron chi connectivity index (χ0n) is 18.6. The molecule has 2 aromatic carbocycles. The van der Waals surface area contributed by atoms with Crippen LogP contribution >= 0.6 is 11.8 Å². The standard InChI is InChI=1S/C23H27N5O3S/c1-5-28-20(13-21(29)25-18-8-6-7-9-19(18)31-4)26-27-23(28)32-14-22(30)24-17-11-15(2)10-16(3)12-17/h6-12H,5,13-14H2,1-4H3,(H,24,30)(H,25,29). The number of nitrogens with zero attached hydrogens (tertiary/aromatic N) is 3. The van der Waals surface area contributed by atoms with Gasteiger partial charge in [-0.15, -0.1) is 10.2 Å². The van der Waals surface area contributed by atoms with Crippen LogP contribution in [0.4, 0.5) is 11.4 Å². The van der Waals surface area contributed by atoms with Gasteiger partial charge in [-0.2, -0.15) is 0 Å². The molecular formula is C23H27N5O3S. The molecule has 0 bridgehead atoms. The molecule has 0 saturated carbocycles. The van der Waals surface area contributed by atoms with Crippen molar-refractivity contribution >= 4 is 35.0 Å². The number of hydrogen-bond donors (Lipinski definition) is 2. The van der Waals surface area contributed by atoms with Crippen LogP contribution in [0, 0.1) is 13.8 Å².